The van der Waals surface area contributed by atoms with E-state index in [2.05, 4.69) is 32.1 Å². The van der Waals surface area contributed by atoms with Gasteiger partial charge in [0.15, 0.2) is 11.5 Å². The van der Waals surface area contributed by atoms with Gasteiger partial charge in [-0.05, 0) is 38.1 Å². The van der Waals surface area contributed by atoms with Crippen molar-refractivity contribution < 1.29 is 13.2 Å². The van der Waals surface area contributed by atoms with Crippen molar-refractivity contribution in [3.8, 4) is 11.4 Å². The molecule has 140 valence electrons. The van der Waals surface area contributed by atoms with Crippen LogP contribution in [0.3, 0.4) is 0 Å². The van der Waals surface area contributed by atoms with Gasteiger partial charge in [0.2, 0.25) is 0 Å². The number of hydrogen-bond acceptors (Lipinski definition) is 5. The number of likely N-dealkylation sites (tertiary alicyclic amines) is 1. The van der Waals surface area contributed by atoms with Gasteiger partial charge in [0, 0.05) is 36.6 Å². The summed E-state index contributed by atoms with van der Waals surface area (Å²) >= 11 is 0. The van der Waals surface area contributed by atoms with E-state index < -0.39 is 11.9 Å². The van der Waals surface area contributed by atoms with Crippen molar-refractivity contribution in [2.24, 2.45) is 0 Å². The molecule has 2 aromatic heterocycles. The summed E-state index contributed by atoms with van der Waals surface area (Å²) in [6, 6.07) is 4.48. The minimum absolute atomic E-state index is 0.0423. The van der Waals surface area contributed by atoms with E-state index in [1.54, 1.807) is 12.1 Å². The second-order valence-corrected chi connectivity index (χ2v) is 6.35. The fourth-order valence-electron chi connectivity index (χ4n) is 3.24. The molecule has 1 saturated heterocycles. The second kappa shape index (κ2) is 7.99. The van der Waals surface area contributed by atoms with E-state index in [0.717, 1.165) is 32.0 Å². The third-order valence-corrected chi connectivity index (χ3v) is 4.63. The van der Waals surface area contributed by atoms with Gasteiger partial charge in [-0.3, -0.25) is 9.88 Å². The largest absolute Gasteiger partial charge is 0.433 e. The summed E-state index contributed by atoms with van der Waals surface area (Å²) < 4.78 is 39.7. The highest BCUT2D eigenvalue weighted by molar-refractivity contribution is 5.57. The van der Waals surface area contributed by atoms with Gasteiger partial charge < -0.3 is 5.32 Å². The molecule has 26 heavy (non-hydrogen) atoms. The van der Waals surface area contributed by atoms with Crippen molar-refractivity contribution in [3.63, 3.8) is 0 Å². The Morgan fingerprint density at radius 1 is 1.19 bits per heavy atom. The Bertz CT molecular complexity index is 721. The molecular formula is C18H22F3N5. The first-order valence-corrected chi connectivity index (χ1v) is 8.82. The molecule has 1 aliphatic heterocycles. The van der Waals surface area contributed by atoms with Crippen molar-refractivity contribution in [2.45, 2.75) is 38.4 Å². The van der Waals surface area contributed by atoms with Crippen LogP contribution in [-0.2, 0) is 6.18 Å². The summed E-state index contributed by atoms with van der Waals surface area (Å²) in [6.45, 7) is 4.64. The van der Waals surface area contributed by atoms with Crippen LogP contribution in [0.4, 0.5) is 19.0 Å². The van der Waals surface area contributed by atoms with Gasteiger partial charge in [-0.25, -0.2) is 9.97 Å². The molecule has 0 bridgehead atoms. The number of aromatic nitrogens is 3. The van der Waals surface area contributed by atoms with Crippen LogP contribution in [0.25, 0.3) is 11.4 Å². The molecule has 5 nitrogen and oxygen atoms in total. The predicted octanol–water partition coefficient (Wildman–Crippen LogP) is 3.84. The standard InChI is InChI=1S/C18H22F3N5/c1-2-26-10-4-3-5-14(26)12-23-16-11-15(18(19,20)21)24-17(25-16)13-6-8-22-9-7-13/h6-9,11,14H,2-5,10,12H2,1H3,(H,23,24,25). The van der Waals surface area contributed by atoms with E-state index in [1.807, 2.05) is 0 Å². The average molecular weight is 365 g/mol. The molecular weight excluding hydrogens is 343 g/mol. The fourth-order valence-corrected chi connectivity index (χ4v) is 3.24. The number of nitrogens with zero attached hydrogens (tertiary/aromatic N) is 4. The maximum atomic E-state index is 13.2. The molecule has 3 heterocycles. The molecule has 1 N–H and O–H groups in total. The molecule has 1 fully saturated rings. The zero-order valence-electron chi connectivity index (χ0n) is 14.6. The average Bonchev–Trinajstić information content (AvgIpc) is 2.66. The number of piperidine rings is 1. The molecule has 1 unspecified atom stereocenters. The molecule has 1 aliphatic rings. The summed E-state index contributed by atoms with van der Waals surface area (Å²) in [7, 11) is 0. The predicted molar refractivity (Wildman–Crippen MR) is 93.6 cm³/mol. The second-order valence-electron chi connectivity index (χ2n) is 6.35. The van der Waals surface area contributed by atoms with Crippen molar-refractivity contribution >= 4 is 5.82 Å². The van der Waals surface area contributed by atoms with E-state index in [1.165, 1.54) is 18.8 Å². The van der Waals surface area contributed by atoms with E-state index >= 15 is 0 Å². The molecule has 2 aromatic rings. The topological polar surface area (TPSA) is 53.9 Å². The van der Waals surface area contributed by atoms with Crippen LogP contribution in [0.15, 0.2) is 30.6 Å². The van der Waals surface area contributed by atoms with E-state index in [4.69, 9.17) is 0 Å². The van der Waals surface area contributed by atoms with E-state index in [0.29, 0.717) is 18.2 Å². The minimum atomic E-state index is -4.53. The summed E-state index contributed by atoms with van der Waals surface area (Å²) in [5.74, 6) is 0.237. The highest BCUT2D eigenvalue weighted by Gasteiger charge is 2.34. The molecule has 0 aromatic carbocycles. The van der Waals surface area contributed by atoms with Gasteiger partial charge in [0.25, 0.3) is 0 Å². The van der Waals surface area contributed by atoms with Crippen LogP contribution in [0.2, 0.25) is 0 Å². The number of alkyl halides is 3. The third kappa shape index (κ3) is 4.49. The Kier molecular flexibility index (Phi) is 5.70. The quantitative estimate of drug-likeness (QED) is 0.872. The number of likely N-dealkylation sites (N-methyl/N-ethyl adjacent to an activating group) is 1. The van der Waals surface area contributed by atoms with Crippen molar-refractivity contribution in [3.05, 3.63) is 36.3 Å². The lowest BCUT2D eigenvalue weighted by molar-refractivity contribution is -0.141. The number of nitrogens with one attached hydrogen (secondary N) is 1. The molecule has 0 amide bonds. The molecule has 3 rings (SSSR count). The minimum Gasteiger partial charge on any atom is -0.368 e. The maximum Gasteiger partial charge on any atom is 0.433 e. The molecule has 8 heteroatoms. The number of rotatable bonds is 5. The van der Waals surface area contributed by atoms with Crippen LogP contribution in [0.1, 0.15) is 31.9 Å². The Labute approximate surface area is 150 Å². The van der Waals surface area contributed by atoms with Crippen molar-refractivity contribution in [1.29, 1.82) is 0 Å². The normalized spacial score (nSPS) is 18.7. The van der Waals surface area contributed by atoms with Crippen LogP contribution >= 0.6 is 0 Å². The van der Waals surface area contributed by atoms with Gasteiger partial charge in [0.1, 0.15) is 5.82 Å². The van der Waals surface area contributed by atoms with Gasteiger partial charge in [0.05, 0.1) is 0 Å². The highest BCUT2D eigenvalue weighted by Crippen LogP contribution is 2.30. The van der Waals surface area contributed by atoms with Crippen LogP contribution in [0.5, 0.6) is 0 Å². The summed E-state index contributed by atoms with van der Waals surface area (Å²) in [6.07, 6.45) is 1.84. The zero-order chi connectivity index (χ0) is 18.6. The Morgan fingerprint density at radius 2 is 1.96 bits per heavy atom. The zero-order valence-corrected chi connectivity index (χ0v) is 14.6. The smallest absolute Gasteiger partial charge is 0.368 e. The number of hydrogen-bond donors (Lipinski definition) is 1. The van der Waals surface area contributed by atoms with Gasteiger partial charge in [-0.15, -0.1) is 0 Å². The van der Waals surface area contributed by atoms with E-state index in [9.17, 15) is 13.2 Å². The lowest BCUT2D eigenvalue weighted by atomic mass is 10.0. The molecule has 0 aliphatic carbocycles. The summed E-state index contributed by atoms with van der Waals surface area (Å²) in [5, 5.41) is 3.09. The first kappa shape index (κ1) is 18.6. The van der Waals surface area contributed by atoms with Crippen molar-refractivity contribution in [2.75, 3.05) is 25.0 Å². The molecule has 1 atom stereocenters. The maximum absolute atomic E-state index is 13.2. The van der Waals surface area contributed by atoms with Crippen LogP contribution in [0, 0.1) is 0 Å². The first-order valence-electron chi connectivity index (χ1n) is 8.82. The Hall–Kier alpha value is -2.22. The van der Waals surface area contributed by atoms with Gasteiger partial charge in [-0.1, -0.05) is 13.3 Å². The van der Waals surface area contributed by atoms with Gasteiger partial charge >= 0.3 is 6.18 Å². The highest BCUT2D eigenvalue weighted by atomic mass is 19.4. The van der Waals surface area contributed by atoms with E-state index in [-0.39, 0.29) is 11.6 Å². The van der Waals surface area contributed by atoms with Gasteiger partial charge in [-0.2, -0.15) is 13.2 Å². The SMILES string of the molecule is CCN1CCCCC1CNc1cc(C(F)(F)F)nc(-c2ccncc2)n1. The third-order valence-electron chi connectivity index (χ3n) is 4.63. The molecule has 0 spiro atoms. The molecule has 0 radical (unpaired) electrons. The lowest BCUT2D eigenvalue weighted by Crippen LogP contribution is -2.43. The van der Waals surface area contributed by atoms with Crippen LogP contribution in [-0.4, -0.2) is 45.5 Å². The summed E-state index contributed by atoms with van der Waals surface area (Å²) in [5.41, 5.74) is -0.445. The summed E-state index contributed by atoms with van der Waals surface area (Å²) in [4.78, 5) is 14.2. The van der Waals surface area contributed by atoms with Crippen molar-refractivity contribution in [1.82, 2.24) is 19.9 Å². The fraction of sp³-hybridized carbons (Fsp3) is 0.500. The molecule has 0 saturated carbocycles. The number of halogens is 3. The Morgan fingerprint density at radius 3 is 2.65 bits per heavy atom. The van der Waals surface area contributed by atoms with Crippen LogP contribution < -0.4 is 5.32 Å². The number of pyridine rings is 1. The monoisotopic (exact) mass is 365 g/mol. The Balaban J connectivity index is 1.84. The lowest BCUT2D eigenvalue weighted by Gasteiger charge is -2.35. The number of anilines is 1. The first-order chi connectivity index (χ1) is 12.5.